The molecular weight excluding hydrogens is 476 g/mol. The Bertz CT molecular complexity index is 1200. The molecule has 2 heterocycles. The fraction of sp³-hybridized carbons (Fsp3) is 0.348. The Kier molecular flexibility index (Phi) is 7.10. The monoisotopic (exact) mass is 497 g/mol. The number of alkyl halides is 3. The molecule has 1 aliphatic rings. The molecule has 1 amide bonds. The lowest BCUT2D eigenvalue weighted by atomic mass is 10.0. The minimum Gasteiger partial charge on any atom is -0.333 e. The summed E-state index contributed by atoms with van der Waals surface area (Å²) in [5.74, 6) is -4.96. The molecule has 0 bridgehead atoms. The summed E-state index contributed by atoms with van der Waals surface area (Å²) in [7, 11) is 0. The molecule has 0 fully saturated rings. The highest BCUT2D eigenvalue weighted by Crippen LogP contribution is 2.29. The van der Waals surface area contributed by atoms with E-state index in [1.807, 2.05) is 30.3 Å². The number of nitrogens with zero attached hydrogens (tertiary/aromatic N) is 4. The molecule has 0 saturated carbocycles. The van der Waals surface area contributed by atoms with E-state index in [-0.39, 0.29) is 43.9 Å². The number of rotatable bonds is 7. The van der Waals surface area contributed by atoms with Crippen molar-refractivity contribution in [1.29, 1.82) is 0 Å². The van der Waals surface area contributed by atoms with Crippen molar-refractivity contribution in [2.75, 3.05) is 6.54 Å². The SMILES string of the molecule is O=C(C[C@H](Cc1cc(F)c(F)cc1F)NCc1ccccc1)N1CCn2c(nnc2C(F)(F)F)C1. The van der Waals surface area contributed by atoms with E-state index >= 15 is 0 Å². The molecule has 0 radical (unpaired) electrons. The van der Waals surface area contributed by atoms with Crippen molar-refractivity contribution in [3.05, 3.63) is 82.7 Å². The van der Waals surface area contributed by atoms with Crippen LogP contribution in [0.3, 0.4) is 0 Å². The molecule has 1 aliphatic heterocycles. The van der Waals surface area contributed by atoms with E-state index in [2.05, 4.69) is 15.5 Å². The number of halogens is 6. The maximum atomic E-state index is 14.3. The summed E-state index contributed by atoms with van der Waals surface area (Å²) in [4.78, 5) is 14.4. The second-order valence-corrected chi connectivity index (χ2v) is 8.23. The summed E-state index contributed by atoms with van der Waals surface area (Å²) in [5.41, 5.74) is 0.789. The van der Waals surface area contributed by atoms with Crippen LogP contribution in [0.4, 0.5) is 26.3 Å². The highest BCUT2D eigenvalue weighted by atomic mass is 19.4. The molecule has 2 aromatic carbocycles. The van der Waals surface area contributed by atoms with Crippen molar-refractivity contribution in [2.24, 2.45) is 0 Å². The molecular formula is C23H21F6N5O. The van der Waals surface area contributed by atoms with Gasteiger partial charge in [-0.2, -0.15) is 13.2 Å². The molecule has 0 aliphatic carbocycles. The third-order valence-electron chi connectivity index (χ3n) is 5.77. The average molecular weight is 497 g/mol. The molecule has 0 saturated heterocycles. The highest BCUT2D eigenvalue weighted by Gasteiger charge is 2.40. The molecule has 4 rings (SSSR count). The molecule has 3 aromatic rings. The second-order valence-electron chi connectivity index (χ2n) is 8.23. The number of carbonyl (C=O) groups is 1. The number of fused-ring (bicyclic) bond motifs is 1. The third-order valence-corrected chi connectivity index (χ3v) is 5.77. The van der Waals surface area contributed by atoms with E-state index in [0.29, 0.717) is 12.6 Å². The standard InChI is InChI=1S/C23H21F6N5O/c24-17-11-19(26)18(25)9-15(17)8-16(30-12-14-4-2-1-3-5-14)10-21(35)33-6-7-34-20(13-33)31-32-22(34)23(27,28)29/h1-5,9,11,16,30H,6-8,10,12-13H2/t16-/m0/s1. The van der Waals surface area contributed by atoms with Gasteiger partial charge in [-0.15, -0.1) is 10.2 Å². The maximum Gasteiger partial charge on any atom is 0.451 e. The zero-order valence-electron chi connectivity index (χ0n) is 18.3. The van der Waals surface area contributed by atoms with Crippen LogP contribution in [0.1, 0.15) is 29.2 Å². The second kappa shape index (κ2) is 10.1. The zero-order valence-corrected chi connectivity index (χ0v) is 18.3. The molecule has 0 unspecified atom stereocenters. The first-order chi connectivity index (χ1) is 16.6. The van der Waals surface area contributed by atoms with Gasteiger partial charge in [-0.05, 0) is 23.6 Å². The van der Waals surface area contributed by atoms with E-state index in [0.717, 1.165) is 16.2 Å². The molecule has 6 nitrogen and oxygen atoms in total. The van der Waals surface area contributed by atoms with Crippen LogP contribution in [0.5, 0.6) is 0 Å². The first-order valence-corrected chi connectivity index (χ1v) is 10.8. The molecule has 1 N–H and O–H groups in total. The molecule has 1 atom stereocenters. The van der Waals surface area contributed by atoms with Crippen LogP contribution in [0, 0.1) is 17.5 Å². The van der Waals surface area contributed by atoms with E-state index < -0.39 is 41.4 Å². The third kappa shape index (κ3) is 5.81. The van der Waals surface area contributed by atoms with Crippen LogP contribution in [-0.4, -0.2) is 38.2 Å². The number of nitrogens with one attached hydrogen (secondary N) is 1. The van der Waals surface area contributed by atoms with E-state index in [1.54, 1.807) is 0 Å². The summed E-state index contributed by atoms with van der Waals surface area (Å²) in [5, 5.41) is 9.91. The van der Waals surface area contributed by atoms with Crippen LogP contribution in [0.25, 0.3) is 0 Å². The normalized spacial score (nSPS) is 14.6. The predicted molar refractivity (Wildman–Crippen MR) is 112 cm³/mol. The van der Waals surface area contributed by atoms with Gasteiger partial charge in [-0.3, -0.25) is 4.79 Å². The van der Waals surface area contributed by atoms with Crippen LogP contribution >= 0.6 is 0 Å². The summed E-state index contributed by atoms with van der Waals surface area (Å²) < 4.78 is 81.4. The maximum absolute atomic E-state index is 14.3. The summed E-state index contributed by atoms with van der Waals surface area (Å²) in [6, 6.07) is 9.73. The van der Waals surface area contributed by atoms with Crippen LogP contribution in [0.15, 0.2) is 42.5 Å². The lowest BCUT2D eigenvalue weighted by Gasteiger charge is -2.30. The minimum absolute atomic E-state index is 0.0115. The Morgan fingerprint density at radius 2 is 1.71 bits per heavy atom. The molecule has 35 heavy (non-hydrogen) atoms. The first kappa shape index (κ1) is 24.7. The molecule has 1 aromatic heterocycles. The number of benzene rings is 2. The van der Waals surface area contributed by atoms with Gasteiger partial charge in [-0.25, -0.2) is 13.2 Å². The van der Waals surface area contributed by atoms with Gasteiger partial charge in [0, 0.05) is 38.2 Å². The first-order valence-electron chi connectivity index (χ1n) is 10.8. The van der Waals surface area contributed by atoms with E-state index in [9.17, 15) is 31.1 Å². The van der Waals surface area contributed by atoms with Crippen LogP contribution in [0.2, 0.25) is 0 Å². The highest BCUT2D eigenvalue weighted by molar-refractivity contribution is 5.77. The number of hydrogen-bond donors (Lipinski definition) is 1. The van der Waals surface area contributed by atoms with Crippen molar-refractivity contribution in [3.63, 3.8) is 0 Å². The Morgan fingerprint density at radius 1 is 1.00 bits per heavy atom. The van der Waals surface area contributed by atoms with Crippen molar-refractivity contribution in [2.45, 2.75) is 44.7 Å². The van der Waals surface area contributed by atoms with Crippen LogP contribution in [-0.2, 0) is 37.0 Å². The van der Waals surface area contributed by atoms with Gasteiger partial charge in [0.15, 0.2) is 17.5 Å². The van der Waals surface area contributed by atoms with Gasteiger partial charge < -0.3 is 14.8 Å². The Hall–Kier alpha value is -3.41. The lowest BCUT2D eigenvalue weighted by molar-refractivity contribution is -0.148. The number of aromatic nitrogens is 3. The van der Waals surface area contributed by atoms with Gasteiger partial charge in [-0.1, -0.05) is 30.3 Å². The van der Waals surface area contributed by atoms with Gasteiger partial charge >= 0.3 is 6.18 Å². The fourth-order valence-electron chi connectivity index (χ4n) is 3.98. The Morgan fingerprint density at radius 3 is 2.43 bits per heavy atom. The molecule has 186 valence electrons. The van der Waals surface area contributed by atoms with Gasteiger partial charge in [0.25, 0.3) is 0 Å². The van der Waals surface area contributed by atoms with Crippen molar-refractivity contribution in [3.8, 4) is 0 Å². The fourth-order valence-corrected chi connectivity index (χ4v) is 3.98. The average Bonchev–Trinajstić information content (AvgIpc) is 3.25. The summed E-state index contributed by atoms with van der Waals surface area (Å²) in [6.45, 7) is 0.0565. The van der Waals surface area contributed by atoms with Crippen molar-refractivity contribution >= 4 is 5.91 Å². The summed E-state index contributed by atoms with van der Waals surface area (Å²) >= 11 is 0. The summed E-state index contributed by atoms with van der Waals surface area (Å²) in [6.07, 6.45) is -4.91. The predicted octanol–water partition coefficient (Wildman–Crippen LogP) is 3.85. The molecule has 0 spiro atoms. The number of hydrogen-bond acceptors (Lipinski definition) is 4. The molecule has 12 heteroatoms. The van der Waals surface area contributed by atoms with Crippen molar-refractivity contribution in [1.82, 2.24) is 25.0 Å². The number of carbonyl (C=O) groups excluding carboxylic acids is 1. The lowest BCUT2D eigenvalue weighted by Crippen LogP contribution is -2.43. The van der Waals surface area contributed by atoms with Gasteiger partial charge in [0.1, 0.15) is 5.82 Å². The van der Waals surface area contributed by atoms with E-state index in [1.165, 1.54) is 4.90 Å². The van der Waals surface area contributed by atoms with Gasteiger partial charge in [0.2, 0.25) is 11.7 Å². The Balaban J connectivity index is 1.48. The smallest absolute Gasteiger partial charge is 0.333 e. The topological polar surface area (TPSA) is 63.1 Å². The van der Waals surface area contributed by atoms with Crippen LogP contribution < -0.4 is 5.32 Å². The van der Waals surface area contributed by atoms with Gasteiger partial charge in [0.05, 0.1) is 6.54 Å². The largest absolute Gasteiger partial charge is 0.451 e. The Labute approximate surface area is 196 Å². The minimum atomic E-state index is -4.65. The van der Waals surface area contributed by atoms with Crippen molar-refractivity contribution < 1.29 is 31.1 Å². The zero-order chi connectivity index (χ0) is 25.2. The van der Waals surface area contributed by atoms with E-state index in [4.69, 9.17) is 0 Å². The number of amides is 1. The quantitative estimate of drug-likeness (QED) is 0.398.